The molecule has 0 aliphatic carbocycles. The van der Waals surface area contributed by atoms with Crippen LogP contribution in [0.15, 0.2) is 0 Å². The Morgan fingerprint density at radius 3 is 1.30 bits per heavy atom. The maximum absolute atomic E-state index is 10.4. The summed E-state index contributed by atoms with van der Waals surface area (Å²) in [5, 5.41) is 14.0. The van der Waals surface area contributed by atoms with Crippen LogP contribution < -0.4 is 10.2 Å². The van der Waals surface area contributed by atoms with Crippen molar-refractivity contribution in [1.82, 2.24) is 5.32 Å². The van der Waals surface area contributed by atoms with Crippen LogP contribution in [-0.2, 0) is 4.57 Å². The SMILES string of the molecule is CCCCCCCCCCCCCCCCCCNC(C)(CCC)[N+](C)(C)O.O=P([O-])(O)O. The van der Waals surface area contributed by atoms with E-state index >= 15 is 0 Å². The normalized spacial score (nSPS) is 14.0. The number of hydroxylamine groups is 3. The van der Waals surface area contributed by atoms with Crippen LogP contribution in [0, 0.1) is 0 Å². The molecule has 0 rings (SSSR count). The number of phosphoric acid groups is 1. The van der Waals surface area contributed by atoms with Crippen molar-refractivity contribution >= 4 is 7.82 Å². The van der Waals surface area contributed by atoms with E-state index in [1.165, 1.54) is 103 Å². The van der Waals surface area contributed by atoms with Crippen LogP contribution in [0.4, 0.5) is 0 Å². The number of unbranched alkanes of at least 4 members (excludes halogenated alkanes) is 15. The number of quaternary nitrogens is 1. The molecule has 0 radical (unpaired) electrons. The molecule has 0 heterocycles. The highest BCUT2D eigenvalue weighted by atomic mass is 31.2. The Bertz CT molecular complexity index is 460. The van der Waals surface area contributed by atoms with Crippen molar-refractivity contribution in [2.45, 2.75) is 142 Å². The summed E-state index contributed by atoms with van der Waals surface area (Å²) in [6.07, 6.45) is 24.6. The lowest BCUT2D eigenvalue weighted by molar-refractivity contribution is -1.11. The zero-order valence-corrected chi connectivity index (χ0v) is 23.4. The molecule has 202 valence electrons. The maximum Gasteiger partial charge on any atom is 0.262 e. The molecular formula is C25H57N2O5P. The second kappa shape index (κ2) is 21.3. The highest BCUT2D eigenvalue weighted by Crippen LogP contribution is 2.21. The largest absolute Gasteiger partial charge is 0.756 e. The Balaban J connectivity index is 0. The van der Waals surface area contributed by atoms with Gasteiger partial charge < -0.3 is 14.7 Å². The van der Waals surface area contributed by atoms with Crippen LogP contribution in [0.5, 0.6) is 0 Å². The van der Waals surface area contributed by atoms with Gasteiger partial charge in [-0.1, -0.05) is 110 Å². The van der Waals surface area contributed by atoms with E-state index in [9.17, 15) is 5.21 Å². The van der Waals surface area contributed by atoms with Gasteiger partial charge in [-0.05, 0) is 12.8 Å². The number of hydrogen-bond acceptors (Lipinski definition) is 4. The minimum atomic E-state index is -4.89. The van der Waals surface area contributed by atoms with Gasteiger partial charge in [-0.2, -0.15) is 4.65 Å². The second-order valence-electron chi connectivity index (χ2n) is 10.1. The van der Waals surface area contributed by atoms with Crippen LogP contribution in [0.3, 0.4) is 0 Å². The Labute approximate surface area is 205 Å². The summed E-state index contributed by atoms with van der Waals surface area (Å²) < 4.78 is 8.77. The molecule has 0 aromatic carbocycles. The van der Waals surface area contributed by atoms with E-state index in [1.54, 1.807) is 0 Å². The topological polar surface area (TPSA) is 113 Å². The Morgan fingerprint density at radius 2 is 1.03 bits per heavy atom. The van der Waals surface area contributed by atoms with Crippen molar-refractivity contribution in [3.8, 4) is 0 Å². The highest BCUT2D eigenvalue weighted by Gasteiger charge is 2.39. The summed E-state index contributed by atoms with van der Waals surface area (Å²) in [7, 11) is -1.15. The second-order valence-corrected chi connectivity index (χ2v) is 11.1. The molecule has 0 bridgehead atoms. The fourth-order valence-corrected chi connectivity index (χ4v) is 4.07. The van der Waals surface area contributed by atoms with Gasteiger partial charge in [0.2, 0.25) is 0 Å². The average Bonchev–Trinajstić information content (AvgIpc) is 2.68. The van der Waals surface area contributed by atoms with E-state index in [0.29, 0.717) is 0 Å². The number of nitrogens with one attached hydrogen (secondary N) is 1. The first kappa shape index (κ1) is 35.2. The standard InChI is InChI=1S/C25H55N2O.H3O4P/c1-6-8-9-10-11-12-13-14-15-16-17-18-19-20-21-22-24-26-25(3,23-7-2)27(4,5)28;1-5(2,3)4/h26,28H,6-24H2,1-5H3;(H3,1,2,3,4)/q+1;/p-1. The highest BCUT2D eigenvalue weighted by molar-refractivity contribution is 7.43. The summed E-state index contributed by atoms with van der Waals surface area (Å²) in [6.45, 7) is 7.63. The van der Waals surface area contributed by atoms with Gasteiger partial charge in [0.25, 0.3) is 7.82 Å². The van der Waals surface area contributed by atoms with Gasteiger partial charge in [0.15, 0.2) is 5.66 Å². The molecule has 0 aliphatic rings. The smallest absolute Gasteiger partial charge is 0.262 e. The number of nitrogens with zero attached hydrogens (tertiary/aromatic N) is 1. The maximum atomic E-state index is 10.4. The van der Waals surface area contributed by atoms with Gasteiger partial charge in [-0.3, -0.25) is 9.88 Å². The van der Waals surface area contributed by atoms with E-state index in [2.05, 4.69) is 26.1 Å². The lowest BCUT2D eigenvalue weighted by Gasteiger charge is -2.40. The van der Waals surface area contributed by atoms with Gasteiger partial charge in [0.05, 0.1) is 14.1 Å². The molecule has 4 N–H and O–H groups in total. The number of rotatable bonds is 21. The van der Waals surface area contributed by atoms with Crippen molar-refractivity contribution in [3.63, 3.8) is 0 Å². The van der Waals surface area contributed by atoms with Crippen molar-refractivity contribution in [2.24, 2.45) is 0 Å². The minimum absolute atomic E-state index is 0.000300. The molecule has 1 atom stereocenters. The Morgan fingerprint density at radius 1 is 0.727 bits per heavy atom. The van der Waals surface area contributed by atoms with Gasteiger partial charge in [-0.15, -0.1) is 0 Å². The zero-order chi connectivity index (χ0) is 25.6. The summed E-state index contributed by atoms with van der Waals surface area (Å²) in [4.78, 5) is 22.9. The molecule has 8 heteroatoms. The van der Waals surface area contributed by atoms with E-state index in [-0.39, 0.29) is 10.3 Å². The van der Waals surface area contributed by atoms with Crippen molar-refractivity contribution in [2.75, 3.05) is 20.6 Å². The van der Waals surface area contributed by atoms with Crippen molar-refractivity contribution < 1.29 is 29.1 Å². The monoisotopic (exact) mass is 496 g/mol. The first-order valence-electron chi connectivity index (χ1n) is 13.5. The molecule has 7 nitrogen and oxygen atoms in total. The van der Waals surface area contributed by atoms with Crippen LogP contribution in [-0.4, -0.2) is 45.9 Å². The summed E-state index contributed by atoms with van der Waals surface area (Å²) >= 11 is 0. The molecule has 0 spiro atoms. The van der Waals surface area contributed by atoms with Crippen LogP contribution in [0.2, 0.25) is 0 Å². The van der Waals surface area contributed by atoms with Crippen LogP contribution in [0.25, 0.3) is 0 Å². The van der Waals surface area contributed by atoms with Gasteiger partial charge in [0, 0.05) is 19.9 Å². The quantitative estimate of drug-likeness (QED) is 0.0490. The predicted molar refractivity (Wildman–Crippen MR) is 137 cm³/mol. The minimum Gasteiger partial charge on any atom is -0.756 e. The summed E-state index contributed by atoms with van der Waals surface area (Å²) in [5.41, 5.74) is -0.232. The average molecular weight is 497 g/mol. The molecule has 0 saturated carbocycles. The van der Waals surface area contributed by atoms with Gasteiger partial charge >= 0.3 is 0 Å². The molecule has 0 aromatic rings. The van der Waals surface area contributed by atoms with E-state index in [0.717, 1.165) is 19.4 Å². The molecule has 0 fully saturated rings. The first-order valence-corrected chi connectivity index (χ1v) is 15.0. The lowest BCUT2D eigenvalue weighted by atomic mass is 10.0. The molecule has 0 aliphatic heterocycles. The van der Waals surface area contributed by atoms with E-state index < -0.39 is 7.82 Å². The van der Waals surface area contributed by atoms with E-state index in [1.807, 2.05) is 14.1 Å². The van der Waals surface area contributed by atoms with Crippen molar-refractivity contribution in [1.29, 1.82) is 0 Å². The van der Waals surface area contributed by atoms with Crippen LogP contribution in [0.1, 0.15) is 136 Å². The fourth-order valence-electron chi connectivity index (χ4n) is 4.07. The van der Waals surface area contributed by atoms with Crippen LogP contribution >= 0.6 is 7.82 Å². The first-order chi connectivity index (χ1) is 15.4. The summed E-state index contributed by atoms with van der Waals surface area (Å²) in [6, 6.07) is 0. The molecule has 0 saturated heterocycles. The third-order valence-electron chi connectivity index (χ3n) is 6.48. The molecule has 1 unspecified atom stereocenters. The third kappa shape index (κ3) is 26.4. The molecule has 0 amide bonds. The van der Waals surface area contributed by atoms with Gasteiger partial charge in [0.1, 0.15) is 0 Å². The molecule has 33 heavy (non-hydrogen) atoms. The summed E-state index contributed by atoms with van der Waals surface area (Å²) in [5.74, 6) is 0. The predicted octanol–water partition coefficient (Wildman–Crippen LogP) is 6.26. The molecule has 0 aromatic heterocycles. The van der Waals surface area contributed by atoms with E-state index in [4.69, 9.17) is 19.2 Å². The Hall–Kier alpha value is -0.0100. The van der Waals surface area contributed by atoms with Gasteiger partial charge in [-0.25, -0.2) is 5.21 Å². The lowest BCUT2D eigenvalue weighted by Crippen LogP contribution is -2.64. The fraction of sp³-hybridized carbons (Fsp3) is 1.00. The molecular weight excluding hydrogens is 439 g/mol. The Kier molecular flexibility index (Phi) is 22.7. The zero-order valence-electron chi connectivity index (χ0n) is 22.5. The number of hydrogen-bond donors (Lipinski definition) is 4. The van der Waals surface area contributed by atoms with Crippen molar-refractivity contribution in [3.05, 3.63) is 0 Å². The third-order valence-corrected chi connectivity index (χ3v) is 6.48.